The summed E-state index contributed by atoms with van der Waals surface area (Å²) in [5, 5.41) is 23.8. The van der Waals surface area contributed by atoms with Crippen LogP contribution in [-0.4, -0.2) is 122 Å². The van der Waals surface area contributed by atoms with Crippen molar-refractivity contribution in [3.8, 4) is 35.4 Å². The third-order valence-corrected chi connectivity index (χ3v) is 17.1. The summed E-state index contributed by atoms with van der Waals surface area (Å²) in [5.74, 6) is 1.16. The number of halogens is 2. The maximum absolute atomic E-state index is 17.1. The number of fused-ring (bicyclic) bond motifs is 5. The number of rotatable bonds is 10. The lowest BCUT2D eigenvalue weighted by Crippen LogP contribution is -2.67. The molecule has 14 nitrogen and oxygen atoms in total. The number of nitrogens with zero attached hydrogens (tertiary/aromatic N) is 8. The van der Waals surface area contributed by atoms with Gasteiger partial charge in [0.1, 0.15) is 28.6 Å². The Bertz CT molecular complexity index is 3190. The Balaban J connectivity index is 0.660. The zero-order chi connectivity index (χ0) is 47.6. The molecule has 70 heavy (non-hydrogen) atoms. The number of piperazine rings is 1. The third kappa shape index (κ3) is 7.45. The molecule has 0 radical (unpaired) electrons. The van der Waals surface area contributed by atoms with Gasteiger partial charge in [-0.25, -0.2) is 8.78 Å². The standard InChI is InChI=1S/C54H56F2N10O4/c1-3-37-42(55)10-5-32-18-36(67)20-40(45(32)37)48-46(56)49-41(23-57-48)50(66-24-33-6-7-34(25-66)58-33)61-52(60-49)70-29-53(14-15-53)26-64-27-54(28-64)21-35(22-54)65-16-12-30(13-17-65)31-4-8-38-43(19-31)63(2)62-47(38)39-9-11-44(68)59-51(39)69/h1,4-5,8,10,18-20,23,30,33-35,39,58,67H,6-7,9,11-17,21-22,24-29H2,2H3,(H,59,68,69). The third-order valence-electron chi connectivity index (χ3n) is 17.1. The van der Waals surface area contributed by atoms with Crippen molar-refractivity contribution >= 4 is 50.2 Å². The molecular formula is C54H56F2N10O4. The van der Waals surface area contributed by atoms with E-state index in [0.29, 0.717) is 84.0 Å². The minimum atomic E-state index is -0.718. The van der Waals surface area contributed by atoms with Gasteiger partial charge in [-0.3, -0.25) is 24.6 Å². The molecule has 3 N–H and O–H groups in total. The predicted octanol–water partition coefficient (Wildman–Crippen LogP) is 6.66. The van der Waals surface area contributed by atoms with E-state index in [1.807, 2.05) is 11.7 Å². The van der Waals surface area contributed by atoms with Gasteiger partial charge in [0.05, 0.1) is 34.7 Å². The molecule has 1 spiro atoms. The Morgan fingerprint density at radius 2 is 1.74 bits per heavy atom. The molecule has 5 aliphatic heterocycles. The van der Waals surface area contributed by atoms with Gasteiger partial charge in [0.15, 0.2) is 5.82 Å². The summed E-state index contributed by atoms with van der Waals surface area (Å²) in [7, 11) is 1.94. The molecule has 2 bridgehead atoms. The van der Waals surface area contributed by atoms with Crippen LogP contribution in [0.5, 0.6) is 11.8 Å². The van der Waals surface area contributed by atoms with E-state index in [4.69, 9.17) is 26.2 Å². The summed E-state index contributed by atoms with van der Waals surface area (Å²) in [6.45, 7) is 7.20. The number of imide groups is 1. The van der Waals surface area contributed by atoms with Gasteiger partial charge in [-0.2, -0.15) is 15.1 Å². The monoisotopic (exact) mass is 946 g/mol. The van der Waals surface area contributed by atoms with E-state index in [9.17, 15) is 14.7 Å². The Morgan fingerprint density at radius 3 is 2.49 bits per heavy atom. The number of aromatic hydroxyl groups is 1. The van der Waals surface area contributed by atoms with Crippen LogP contribution >= 0.6 is 0 Å². The van der Waals surface area contributed by atoms with Crippen LogP contribution in [0.4, 0.5) is 14.6 Å². The highest BCUT2D eigenvalue weighted by Crippen LogP contribution is 2.54. The predicted molar refractivity (Wildman–Crippen MR) is 260 cm³/mol. The summed E-state index contributed by atoms with van der Waals surface area (Å²) in [4.78, 5) is 46.2. The highest BCUT2D eigenvalue weighted by Gasteiger charge is 2.56. The number of terminal acetylenes is 1. The second-order valence-electron chi connectivity index (χ2n) is 21.8. The van der Waals surface area contributed by atoms with E-state index in [1.54, 1.807) is 6.20 Å². The number of hydrogen-bond donors (Lipinski definition) is 3. The van der Waals surface area contributed by atoms with E-state index < -0.39 is 17.6 Å². The number of hydrogen-bond acceptors (Lipinski definition) is 12. The first kappa shape index (κ1) is 43.7. The molecule has 2 aliphatic carbocycles. The van der Waals surface area contributed by atoms with Crippen LogP contribution in [0.2, 0.25) is 0 Å². The lowest BCUT2D eigenvalue weighted by Gasteiger charge is -2.62. The van der Waals surface area contributed by atoms with Gasteiger partial charge in [-0.05, 0) is 117 Å². The molecule has 3 unspecified atom stereocenters. The first-order valence-electron chi connectivity index (χ1n) is 25.1. The number of nitrogens with one attached hydrogen (secondary N) is 2. The second kappa shape index (κ2) is 16.4. The SMILES string of the molecule is C#Cc1c(F)ccc2cc(O)cc(-c3ncc4c(N5CC6CCC(C5)N6)nc(OCC5(CN6CC7(CC(N8CCC(c9ccc%10c(C%11CCC(=O)NC%11=O)nn(C)c%10c9)CC8)C7)C6)CC5)nc4c3F)c12. The highest BCUT2D eigenvalue weighted by molar-refractivity contribution is 6.04. The van der Waals surface area contributed by atoms with Crippen LogP contribution in [0.15, 0.2) is 48.7 Å². The van der Waals surface area contributed by atoms with Crippen molar-refractivity contribution in [3.05, 3.63) is 77.1 Å². The number of aromatic nitrogens is 5. The fraction of sp³-hybridized carbons (Fsp3) is 0.481. The molecule has 7 fully saturated rings. The van der Waals surface area contributed by atoms with Crippen LogP contribution in [0, 0.1) is 34.8 Å². The first-order chi connectivity index (χ1) is 33.9. The smallest absolute Gasteiger partial charge is 0.319 e. The van der Waals surface area contributed by atoms with Gasteiger partial charge >= 0.3 is 6.01 Å². The Morgan fingerprint density at radius 1 is 0.957 bits per heavy atom. The number of aryl methyl sites for hydroxylation is 1. The molecule has 13 rings (SSSR count). The quantitative estimate of drug-likeness (QED) is 0.0995. The minimum Gasteiger partial charge on any atom is -0.508 e. The molecule has 3 aromatic carbocycles. The molecule has 8 heterocycles. The molecule has 2 amide bonds. The number of benzene rings is 3. The molecule has 360 valence electrons. The lowest BCUT2D eigenvalue weighted by molar-refractivity contribution is -0.134. The Labute approximate surface area is 404 Å². The Kier molecular flexibility index (Phi) is 10.2. The van der Waals surface area contributed by atoms with Gasteiger partial charge in [0.2, 0.25) is 11.8 Å². The van der Waals surface area contributed by atoms with E-state index >= 15 is 8.78 Å². The van der Waals surface area contributed by atoms with E-state index in [1.165, 1.54) is 42.7 Å². The number of carbonyl (C=O) groups excluding carboxylic acids is 2. The van der Waals surface area contributed by atoms with Crippen LogP contribution in [0.25, 0.3) is 43.8 Å². The zero-order valence-corrected chi connectivity index (χ0v) is 39.3. The van der Waals surface area contributed by atoms with Crippen LogP contribution in [0.3, 0.4) is 0 Å². The van der Waals surface area contributed by atoms with Crippen molar-refractivity contribution in [2.24, 2.45) is 17.9 Å². The molecule has 16 heteroatoms. The summed E-state index contributed by atoms with van der Waals surface area (Å²) in [6.07, 6.45) is 17.1. The number of piperidine rings is 2. The number of phenolic OH excluding ortho intramolecular Hbond substituents is 1. The zero-order valence-electron chi connectivity index (χ0n) is 39.3. The van der Waals surface area contributed by atoms with Gasteiger partial charge in [-0.1, -0.05) is 24.1 Å². The fourth-order valence-corrected chi connectivity index (χ4v) is 13.3. The molecular weight excluding hydrogens is 891 g/mol. The van der Waals surface area contributed by atoms with E-state index in [0.717, 1.165) is 87.8 Å². The number of likely N-dealkylation sites (tertiary alicyclic amines) is 2. The molecule has 6 aromatic rings. The van der Waals surface area contributed by atoms with Crippen molar-refractivity contribution in [1.29, 1.82) is 0 Å². The number of carbonyl (C=O) groups is 2. The minimum absolute atomic E-state index is 0.0115. The van der Waals surface area contributed by atoms with Crippen LogP contribution in [0.1, 0.15) is 92.9 Å². The molecule has 2 saturated carbocycles. The molecule has 5 saturated heterocycles. The number of amides is 2. The molecule has 3 aromatic heterocycles. The summed E-state index contributed by atoms with van der Waals surface area (Å²) < 4.78 is 40.6. The summed E-state index contributed by atoms with van der Waals surface area (Å²) in [6, 6.07) is 13.6. The van der Waals surface area contributed by atoms with Crippen molar-refractivity contribution in [3.63, 3.8) is 0 Å². The molecule has 7 aliphatic rings. The second-order valence-corrected chi connectivity index (χ2v) is 21.8. The van der Waals surface area contributed by atoms with Gasteiger partial charge in [0.25, 0.3) is 0 Å². The number of anilines is 1. The van der Waals surface area contributed by atoms with Gasteiger partial charge in [0, 0.05) is 92.3 Å². The van der Waals surface area contributed by atoms with Crippen molar-refractivity contribution in [2.75, 3.05) is 57.3 Å². The normalized spacial score (nSPS) is 24.5. The van der Waals surface area contributed by atoms with Crippen molar-refractivity contribution in [1.82, 2.24) is 45.2 Å². The van der Waals surface area contributed by atoms with Crippen molar-refractivity contribution < 1.29 is 28.2 Å². The lowest BCUT2D eigenvalue weighted by atomic mass is 9.59. The largest absolute Gasteiger partial charge is 0.508 e. The highest BCUT2D eigenvalue weighted by atomic mass is 19.1. The average Bonchev–Trinajstić information content (AvgIpc) is 3.92. The van der Waals surface area contributed by atoms with Crippen LogP contribution < -0.4 is 20.3 Å². The van der Waals surface area contributed by atoms with E-state index in [2.05, 4.69) is 54.4 Å². The van der Waals surface area contributed by atoms with Crippen LogP contribution in [-0.2, 0) is 16.6 Å². The topological polar surface area (TPSA) is 154 Å². The maximum atomic E-state index is 17.1. The number of pyridine rings is 1. The average molecular weight is 947 g/mol. The summed E-state index contributed by atoms with van der Waals surface area (Å²) in [5.41, 5.74) is 3.61. The van der Waals surface area contributed by atoms with Gasteiger partial charge in [-0.15, -0.1) is 6.42 Å². The first-order valence-corrected chi connectivity index (χ1v) is 25.1. The number of ether oxygens (including phenoxy) is 1. The number of phenols is 1. The summed E-state index contributed by atoms with van der Waals surface area (Å²) >= 11 is 0. The van der Waals surface area contributed by atoms with E-state index in [-0.39, 0.29) is 51.3 Å². The molecule has 3 atom stereocenters. The van der Waals surface area contributed by atoms with Gasteiger partial charge < -0.3 is 29.9 Å². The fourth-order valence-electron chi connectivity index (χ4n) is 13.3. The maximum Gasteiger partial charge on any atom is 0.319 e. The Hall–Kier alpha value is -6.28. The van der Waals surface area contributed by atoms with Crippen molar-refractivity contribution in [2.45, 2.75) is 94.2 Å².